The summed E-state index contributed by atoms with van der Waals surface area (Å²) in [6.45, 7) is 0.972. The Morgan fingerprint density at radius 3 is 2.33 bits per heavy atom. The largest absolute Gasteiger partial charge is 0.480 e. The molecule has 8 nitrogen and oxygen atoms in total. The number of hydrogen-bond acceptors (Lipinski definition) is 6. The fourth-order valence-electron chi connectivity index (χ4n) is 1.40. The van der Waals surface area contributed by atoms with Crippen LogP contribution in [0.4, 0.5) is 5.69 Å². The van der Waals surface area contributed by atoms with Crippen LogP contribution in [0.2, 0.25) is 0 Å². The Kier molecular flexibility index (Phi) is 6.09. The number of sulfonamides is 1. The van der Waals surface area contributed by atoms with Crippen LogP contribution >= 0.6 is 0 Å². The molecule has 5 N–H and O–H groups in total. The van der Waals surface area contributed by atoms with E-state index in [1.165, 1.54) is 31.2 Å². The molecular weight excluding hydrogens is 300 g/mol. The second-order valence-electron chi connectivity index (χ2n) is 4.42. The molecule has 0 radical (unpaired) electrons. The first-order valence-corrected chi connectivity index (χ1v) is 7.62. The minimum Gasteiger partial charge on any atom is -0.480 e. The maximum atomic E-state index is 11.9. The van der Waals surface area contributed by atoms with Gasteiger partial charge in [-0.3, -0.25) is 4.79 Å². The van der Waals surface area contributed by atoms with Gasteiger partial charge in [-0.15, -0.1) is 0 Å². The second-order valence-corrected chi connectivity index (χ2v) is 6.14. The number of anilines is 1. The van der Waals surface area contributed by atoms with Crippen LogP contribution in [0.25, 0.3) is 0 Å². The topological polar surface area (TPSA) is 136 Å². The normalized spacial score (nSPS) is 14.4. The lowest BCUT2D eigenvalue weighted by atomic mass is 10.3. The highest BCUT2D eigenvalue weighted by Gasteiger charge is 2.21. The van der Waals surface area contributed by atoms with Gasteiger partial charge in [-0.05, 0) is 31.2 Å². The van der Waals surface area contributed by atoms with Gasteiger partial charge in [0.25, 0.3) is 0 Å². The standard InChI is InChI=1S/C12H18N2O6S/c1-8(12(17)18)14-21(19,20)11-4-2-9(3-5-11)13-6-10(16)7-15/h2-5,8,10,13-16H,6-7H2,1H3,(H,17,18). The molecule has 1 aromatic carbocycles. The van der Waals surface area contributed by atoms with Gasteiger partial charge in [0.1, 0.15) is 6.04 Å². The zero-order valence-electron chi connectivity index (χ0n) is 11.4. The first-order valence-electron chi connectivity index (χ1n) is 6.14. The number of carbonyl (C=O) groups is 1. The molecule has 1 rings (SSSR count). The molecule has 0 aliphatic heterocycles. The van der Waals surface area contributed by atoms with E-state index in [1.54, 1.807) is 0 Å². The molecule has 0 amide bonds. The maximum absolute atomic E-state index is 11.9. The summed E-state index contributed by atoms with van der Waals surface area (Å²) in [6.07, 6.45) is -0.911. The number of carboxylic acid groups (broad SMARTS) is 1. The first-order chi connectivity index (χ1) is 9.76. The number of benzene rings is 1. The smallest absolute Gasteiger partial charge is 0.321 e. The summed E-state index contributed by atoms with van der Waals surface area (Å²) in [4.78, 5) is 10.6. The lowest BCUT2D eigenvalue weighted by molar-refractivity contribution is -0.138. The number of rotatable bonds is 8. The summed E-state index contributed by atoms with van der Waals surface area (Å²) in [5.41, 5.74) is 0.563. The lowest BCUT2D eigenvalue weighted by Crippen LogP contribution is -2.38. The first kappa shape index (κ1) is 17.4. The number of aliphatic hydroxyl groups is 2. The van der Waals surface area contributed by atoms with Crippen molar-refractivity contribution >= 4 is 21.7 Å². The molecule has 0 bridgehead atoms. The fraction of sp³-hybridized carbons (Fsp3) is 0.417. The van der Waals surface area contributed by atoms with Crippen molar-refractivity contribution in [2.24, 2.45) is 0 Å². The Morgan fingerprint density at radius 1 is 1.29 bits per heavy atom. The van der Waals surface area contributed by atoms with E-state index in [2.05, 4.69) is 5.32 Å². The van der Waals surface area contributed by atoms with Gasteiger partial charge in [-0.25, -0.2) is 8.42 Å². The molecule has 2 unspecified atom stereocenters. The van der Waals surface area contributed by atoms with E-state index < -0.39 is 28.1 Å². The molecule has 21 heavy (non-hydrogen) atoms. The van der Waals surface area contributed by atoms with E-state index in [0.717, 1.165) is 0 Å². The quantitative estimate of drug-likeness (QED) is 0.423. The Hall–Kier alpha value is -1.68. The van der Waals surface area contributed by atoms with Crippen molar-refractivity contribution in [1.29, 1.82) is 0 Å². The van der Waals surface area contributed by atoms with Gasteiger partial charge in [0.15, 0.2) is 0 Å². The number of aliphatic hydroxyl groups excluding tert-OH is 2. The lowest BCUT2D eigenvalue weighted by Gasteiger charge is -2.12. The van der Waals surface area contributed by atoms with E-state index in [-0.39, 0.29) is 18.0 Å². The van der Waals surface area contributed by atoms with Gasteiger partial charge in [0.05, 0.1) is 17.6 Å². The molecule has 9 heteroatoms. The van der Waals surface area contributed by atoms with E-state index in [1.807, 2.05) is 4.72 Å². The average molecular weight is 318 g/mol. The predicted molar refractivity (Wildman–Crippen MR) is 75.4 cm³/mol. The van der Waals surface area contributed by atoms with Crippen molar-refractivity contribution in [1.82, 2.24) is 4.72 Å². The van der Waals surface area contributed by atoms with Crippen LogP contribution in [0.5, 0.6) is 0 Å². The summed E-state index contributed by atoms with van der Waals surface area (Å²) >= 11 is 0. The van der Waals surface area contributed by atoms with Crippen molar-refractivity contribution in [3.63, 3.8) is 0 Å². The van der Waals surface area contributed by atoms with E-state index in [9.17, 15) is 18.3 Å². The van der Waals surface area contributed by atoms with Crippen molar-refractivity contribution in [3.8, 4) is 0 Å². The second kappa shape index (κ2) is 7.36. The highest BCUT2D eigenvalue weighted by Crippen LogP contribution is 2.14. The maximum Gasteiger partial charge on any atom is 0.321 e. The SMILES string of the molecule is CC(NS(=O)(=O)c1ccc(NCC(O)CO)cc1)C(=O)O. The van der Waals surface area contributed by atoms with E-state index >= 15 is 0 Å². The van der Waals surface area contributed by atoms with Gasteiger partial charge >= 0.3 is 5.97 Å². The summed E-state index contributed by atoms with van der Waals surface area (Å²) < 4.78 is 25.8. The molecule has 118 valence electrons. The zero-order valence-corrected chi connectivity index (χ0v) is 12.2. The number of hydrogen-bond donors (Lipinski definition) is 5. The van der Waals surface area contributed by atoms with Crippen molar-refractivity contribution in [2.75, 3.05) is 18.5 Å². The molecule has 0 saturated heterocycles. The van der Waals surface area contributed by atoms with Crippen LogP contribution in [0.1, 0.15) is 6.92 Å². The van der Waals surface area contributed by atoms with Crippen LogP contribution in [-0.2, 0) is 14.8 Å². The molecular formula is C12H18N2O6S. The van der Waals surface area contributed by atoms with Crippen LogP contribution in [-0.4, -0.2) is 55.0 Å². The van der Waals surface area contributed by atoms with Gasteiger partial charge in [0, 0.05) is 12.2 Å². The van der Waals surface area contributed by atoms with Gasteiger partial charge in [0.2, 0.25) is 10.0 Å². The molecule has 2 atom stereocenters. The van der Waals surface area contributed by atoms with Gasteiger partial charge in [-0.2, -0.15) is 4.72 Å². The third-order valence-corrected chi connectivity index (χ3v) is 4.18. The van der Waals surface area contributed by atoms with Crippen molar-refractivity contribution in [3.05, 3.63) is 24.3 Å². The molecule has 0 spiro atoms. The van der Waals surface area contributed by atoms with Gasteiger partial charge in [-0.1, -0.05) is 0 Å². The molecule has 0 aliphatic rings. The van der Waals surface area contributed by atoms with Crippen LogP contribution < -0.4 is 10.0 Å². The monoisotopic (exact) mass is 318 g/mol. The summed E-state index contributed by atoms with van der Waals surface area (Å²) in [5, 5.41) is 29.4. The summed E-state index contributed by atoms with van der Waals surface area (Å²) in [6, 6.07) is 4.34. The highest BCUT2D eigenvalue weighted by molar-refractivity contribution is 7.89. The minimum absolute atomic E-state index is 0.0659. The third-order valence-electron chi connectivity index (χ3n) is 2.62. The van der Waals surface area contributed by atoms with Crippen molar-refractivity contribution < 1.29 is 28.5 Å². The Balaban J connectivity index is 2.75. The molecule has 0 aromatic heterocycles. The third kappa shape index (κ3) is 5.31. The minimum atomic E-state index is -3.91. The van der Waals surface area contributed by atoms with Crippen LogP contribution in [0.15, 0.2) is 29.2 Å². The number of carboxylic acids is 1. The zero-order chi connectivity index (χ0) is 16.0. The average Bonchev–Trinajstić information content (AvgIpc) is 2.44. The van der Waals surface area contributed by atoms with E-state index in [4.69, 9.17) is 10.2 Å². The Labute approximate surface area is 122 Å². The number of aliphatic carboxylic acids is 1. The van der Waals surface area contributed by atoms with Gasteiger partial charge < -0.3 is 20.6 Å². The van der Waals surface area contributed by atoms with Crippen molar-refractivity contribution in [2.45, 2.75) is 24.0 Å². The Bertz CT molecular complexity index is 572. The fourth-order valence-corrected chi connectivity index (χ4v) is 2.60. The summed E-state index contributed by atoms with van der Waals surface area (Å²) in [5.74, 6) is -1.27. The molecule has 0 saturated carbocycles. The number of nitrogens with one attached hydrogen (secondary N) is 2. The summed E-state index contributed by atoms with van der Waals surface area (Å²) in [7, 11) is -3.91. The molecule has 1 aromatic rings. The predicted octanol–water partition coefficient (Wildman–Crippen LogP) is -0.797. The Morgan fingerprint density at radius 2 is 1.86 bits per heavy atom. The van der Waals surface area contributed by atoms with Crippen LogP contribution in [0, 0.1) is 0 Å². The molecule has 0 aliphatic carbocycles. The van der Waals surface area contributed by atoms with E-state index in [0.29, 0.717) is 5.69 Å². The molecule has 0 fully saturated rings. The highest BCUT2D eigenvalue weighted by atomic mass is 32.2. The van der Waals surface area contributed by atoms with Crippen LogP contribution in [0.3, 0.4) is 0 Å². The molecule has 0 heterocycles.